The smallest absolute Gasteiger partial charge is 0.311 e. The van der Waals surface area contributed by atoms with Crippen LogP contribution in [0.3, 0.4) is 0 Å². The molecule has 0 bridgehead atoms. The molecule has 1 saturated carbocycles. The van der Waals surface area contributed by atoms with E-state index in [1.165, 1.54) is 13.5 Å². The molecule has 1 heterocycles. The number of esters is 1. The van der Waals surface area contributed by atoms with E-state index in [0.717, 1.165) is 12.8 Å². The summed E-state index contributed by atoms with van der Waals surface area (Å²) in [5.74, 6) is -0.974. The Labute approximate surface area is 154 Å². The first kappa shape index (κ1) is 20.2. The quantitative estimate of drug-likeness (QED) is 0.646. The molecule has 0 radical (unpaired) electrons. The summed E-state index contributed by atoms with van der Waals surface area (Å²) in [6, 6.07) is 0.180. The number of hydrogen-bond acceptors (Lipinski definition) is 5. The number of carbonyl (C=O) groups excluding carboxylic acids is 4. The Balaban J connectivity index is 1.81. The van der Waals surface area contributed by atoms with Crippen molar-refractivity contribution in [1.29, 1.82) is 0 Å². The average molecular weight is 367 g/mol. The van der Waals surface area contributed by atoms with Crippen LogP contribution in [-0.4, -0.2) is 61.4 Å². The van der Waals surface area contributed by atoms with Crippen molar-refractivity contribution in [2.45, 2.75) is 45.6 Å². The molecule has 0 aromatic heterocycles. The highest BCUT2D eigenvalue weighted by molar-refractivity contribution is 5.89. The summed E-state index contributed by atoms with van der Waals surface area (Å²) in [5.41, 5.74) is 0. The molecular weight excluding hydrogens is 338 g/mol. The number of rotatable bonds is 6. The SMILES string of the molecule is CNC(=O)CNC(=O)COC(=O)[C@@H]1CC(=O)N([C@@H]2CCC[C@@H](C)[C@H]2C)C1. The second-order valence-electron chi connectivity index (χ2n) is 7.34. The molecule has 146 valence electrons. The third kappa shape index (κ3) is 4.95. The van der Waals surface area contributed by atoms with E-state index in [1.807, 2.05) is 4.90 Å². The molecule has 3 amide bonds. The van der Waals surface area contributed by atoms with Crippen molar-refractivity contribution in [3.8, 4) is 0 Å². The summed E-state index contributed by atoms with van der Waals surface area (Å²) >= 11 is 0. The van der Waals surface area contributed by atoms with Gasteiger partial charge in [0.1, 0.15) is 0 Å². The summed E-state index contributed by atoms with van der Waals surface area (Å²) in [5, 5.41) is 4.73. The summed E-state index contributed by atoms with van der Waals surface area (Å²) in [6.07, 6.45) is 3.38. The first-order valence-corrected chi connectivity index (χ1v) is 9.26. The molecule has 2 N–H and O–H groups in total. The molecule has 1 aliphatic carbocycles. The van der Waals surface area contributed by atoms with Gasteiger partial charge in [-0.05, 0) is 18.3 Å². The zero-order valence-corrected chi connectivity index (χ0v) is 15.7. The first-order valence-electron chi connectivity index (χ1n) is 9.26. The van der Waals surface area contributed by atoms with E-state index in [2.05, 4.69) is 24.5 Å². The van der Waals surface area contributed by atoms with Crippen LogP contribution in [0.4, 0.5) is 0 Å². The van der Waals surface area contributed by atoms with Crippen LogP contribution in [0.5, 0.6) is 0 Å². The van der Waals surface area contributed by atoms with Crippen molar-refractivity contribution < 1.29 is 23.9 Å². The molecule has 26 heavy (non-hydrogen) atoms. The van der Waals surface area contributed by atoms with E-state index >= 15 is 0 Å². The fraction of sp³-hybridized carbons (Fsp3) is 0.778. The van der Waals surface area contributed by atoms with Crippen molar-refractivity contribution in [3.63, 3.8) is 0 Å². The lowest BCUT2D eigenvalue weighted by Crippen LogP contribution is -2.45. The van der Waals surface area contributed by atoms with Gasteiger partial charge < -0.3 is 20.3 Å². The molecule has 0 spiro atoms. The van der Waals surface area contributed by atoms with Crippen LogP contribution in [0.1, 0.15) is 39.5 Å². The zero-order chi connectivity index (χ0) is 19.3. The fourth-order valence-electron chi connectivity index (χ4n) is 3.78. The third-order valence-electron chi connectivity index (χ3n) is 5.63. The zero-order valence-electron chi connectivity index (χ0n) is 15.7. The van der Waals surface area contributed by atoms with Gasteiger partial charge in [0, 0.05) is 26.1 Å². The molecule has 1 saturated heterocycles. The highest BCUT2D eigenvalue weighted by Crippen LogP contribution is 2.35. The normalized spacial score (nSPS) is 28.6. The second kappa shape index (κ2) is 9.00. The molecule has 0 unspecified atom stereocenters. The lowest BCUT2D eigenvalue weighted by molar-refractivity contribution is -0.152. The summed E-state index contributed by atoms with van der Waals surface area (Å²) < 4.78 is 5.02. The number of hydrogen-bond donors (Lipinski definition) is 2. The maximum Gasteiger partial charge on any atom is 0.311 e. The van der Waals surface area contributed by atoms with Crippen LogP contribution in [0.25, 0.3) is 0 Å². The van der Waals surface area contributed by atoms with Crippen LogP contribution in [0.2, 0.25) is 0 Å². The van der Waals surface area contributed by atoms with Crippen molar-refractivity contribution in [3.05, 3.63) is 0 Å². The van der Waals surface area contributed by atoms with Crippen LogP contribution in [0, 0.1) is 17.8 Å². The van der Waals surface area contributed by atoms with Crippen molar-refractivity contribution in [1.82, 2.24) is 15.5 Å². The molecule has 1 aliphatic heterocycles. The number of likely N-dealkylation sites (N-methyl/N-ethyl adjacent to an activating group) is 1. The fourth-order valence-corrected chi connectivity index (χ4v) is 3.78. The maximum absolute atomic E-state index is 12.4. The van der Waals surface area contributed by atoms with E-state index in [4.69, 9.17) is 4.74 Å². The number of ether oxygens (including phenoxy) is 1. The Kier molecular flexibility index (Phi) is 6.99. The van der Waals surface area contributed by atoms with Gasteiger partial charge in [-0.2, -0.15) is 0 Å². The average Bonchev–Trinajstić information content (AvgIpc) is 3.01. The van der Waals surface area contributed by atoms with Crippen molar-refractivity contribution in [2.24, 2.45) is 17.8 Å². The topological polar surface area (TPSA) is 105 Å². The molecule has 2 rings (SSSR count). The minimum atomic E-state index is -0.544. The number of nitrogens with zero attached hydrogens (tertiary/aromatic N) is 1. The van der Waals surface area contributed by atoms with E-state index in [1.54, 1.807) is 0 Å². The molecule has 2 aliphatic rings. The Morgan fingerprint density at radius 3 is 2.62 bits per heavy atom. The Bertz CT molecular complexity index is 565. The second-order valence-corrected chi connectivity index (χ2v) is 7.34. The van der Waals surface area contributed by atoms with Crippen molar-refractivity contribution in [2.75, 3.05) is 26.7 Å². The minimum Gasteiger partial charge on any atom is -0.455 e. The van der Waals surface area contributed by atoms with Gasteiger partial charge in [-0.1, -0.05) is 26.7 Å². The van der Waals surface area contributed by atoms with E-state index in [0.29, 0.717) is 18.4 Å². The lowest BCUT2D eigenvalue weighted by atomic mass is 9.77. The molecular formula is C18H29N3O5. The Morgan fingerprint density at radius 1 is 1.19 bits per heavy atom. The van der Waals surface area contributed by atoms with Crippen LogP contribution >= 0.6 is 0 Å². The van der Waals surface area contributed by atoms with E-state index in [-0.39, 0.29) is 30.8 Å². The van der Waals surface area contributed by atoms with Gasteiger partial charge in [-0.25, -0.2) is 0 Å². The highest BCUT2D eigenvalue weighted by Gasteiger charge is 2.42. The standard InChI is InChI=1S/C18H29N3O5/c1-11-5-4-6-14(12(11)2)21-9-13(7-17(21)24)18(25)26-10-16(23)20-8-15(22)19-3/h11-14H,4-10H2,1-3H3,(H,19,22)(H,20,23)/t11-,12-,13-,14-/m1/s1. The van der Waals surface area contributed by atoms with E-state index < -0.39 is 24.4 Å². The molecule has 4 atom stereocenters. The number of amides is 3. The first-order chi connectivity index (χ1) is 12.3. The Hall–Kier alpha value is -2.12. The van der Waals surface area contributed by atoms with Gasteiger partial charge in [0.25, 0.3) is 5.91 Å². The molecule has 8 nitrogen and oxygen atoms in total. The van der Waals surface area contributed by atoms with Gasteiger partial charge >= 0.3 is 5.97 Å². The molecule has 0 aromatic carbocycles. The number of likely N-dealkylation sites (tertiary alicyclic amines) is 1. The largest absolute Gasteiger partial charge is 0.455 e. The van der Waals surface area contributed by atoms with Crippen molar-refractivity contribution >= 4 is 23.7 Å². The number of carbonyl (C=O) groups is 4. The monoisotopic (exact) mass is 367 g/mol. The number of nitrogens with one attached hydrogen (secondary N) is 2. The predicted molar refractivity (Wildman–Crippen MR) is 93.8 cm³/mol. The van der Waals surface area contributed by atoms with Crippen LogP contribution < -0.4 is 10.6 Å². The van der Waals surface area contributed by atoms with Gasteiger partial charge in [-0.15, -0.1) is 0 Å². The van der Waals surface area contributed by atoms with Gasteiger partial charge in [0.05, 0.1) is 12.5 Å². The predicted octanol–water partition coefficient (Wildman–Crippen LogP) is 0.0650. The summed E-state index contributed by atoms with van der Waals surface area (Å²) in [7, 11) is 1.46. The maximum atomic E-state index is 12.4. The minimum absolute atomic E-state index is 0.0121. The lowest BCUT2D eigenvalue weighted by Gasteiger charge is -2.39. The molecule has 2 fully saturated rings. The van der Waals surface area contributed by atoms with E-state index in [9.17, 15) is 19.2 Å². The van der Waals surface area contributed by atoms with Crippen LogP contribution in [0.15, 0.2) is 0 Å². The molecule has 8 heteroatoms. The summed E-state index contributed by atoms with van der Waals surface area (Å²) in [4.78, 5) is 49.1. The van der Waals surface area contributed by atoms with Crippen LogP contribution in [-0.2, 0) is 23.9 Å². The Morgan fingerprint density at radius 2 is 1.92 bits per heavy atom. The highest BCUT2D eigenvalue weighted by atomic mass is 16.5. The van der Waals surface area contributed by atoms with Gasteiger partial charge in [0.15, 0.2) is 6.61 Å². The third-order valence-corrected chi connectivity index (χ3v) is 5.63. The summed E-state index contributed by atoms with van der Waals surface area (Å²) in [6.45, 7) is 4.13. The van der Waals surface area contributed by atoms with Gasteiger partial charge in [0.2, 0.25) is 11.8 Å². The van der Waals surface area contributed by atoms with Gasteiger partial charge in [-0.3, -0.25) is 19.2 Å². The molecule has 0 aromatic rings.